The molecule has 0 aliphatic heterocycles. The number of benzene rings is 3. The maximum absolute atomic E-state index is 13.1. The lowest BCUT2D eigenvalue weighted by atomic mass is 9.94. The van der Waals surface area contributed by atoms with Crippen molar-refractivity contribution in [1.82, 2.24) is 4.90 Å². The Morgan fingerprint density at radius 1 is 0.944 bits per heavy atom. The number of carbonyl (C=O) groups is 2. The zero-order chi connectivity index (χ0) is 26.7. The third-order valence-corrected chi connectivity index (χ3v) is 8.36. The Bertz CT molecular complexity index is 1270. The number of rotatable bonds is 8. The van der Waals surface area contributed by atoms with Gasteiger partial charge in [0, 0.05) is 29.0 Å². The molecule has 0 aliphatic rings. The molecule has 1 N–H and O–H groups in total. The van der Waals surface area contributed by atoms with E-state index in [1.807, 2.05) is 51.1 Å². The van der Waals surface area contributed by atoms with Crippen LogP contribution in [0.5, 0.6) is 0 Å². The van der Waals surface area contributed by atoms with Gasteiger partial charge in [0.1, 0.15) is 6.04 Å². The highest BCUT2D eigenvalue weighted by atomic mass is 127. The molecule has 0 saturated heterocycles. The summed E-state index contributed by atoms with van der Waals surface area (Å²) >= 11 is 8.76. The van der Waals surface area contributed by atoms with Crippen LogP contribution in [0.1, 0.15) is 47.3 Å². The molecule has 3 aromatic rings. The van der Waals surface area contributed by atoms with E-state index in [0.717, 1.165) is 50.6 Å². The number of carboxylic acids is 1. The van der Waals surface area contributed by atoms with Crippen LogP contribution >= 0.6 is 34.2 Å². The summed E-state index contributed by atoms with van der Waals surface area (Å²) in [7, 11) is 1.53. The molecule has 0 aliphatic carbocycles. The number of aryl methyl sites for hydroxylation is 3. The first-order valence-electron chi connectivity index (χ1n) is 11.9. The number of carbonyl (C=O) groups excluding carboxylic acids is 1. The molecule has 0 heterocycles. The number of hydrogen-bond donors (Lipinski definition) is 1. The molecule has 7 heteroatoms. The summed E-state index contributed by atoms with van der Waals surface area (Å²) in [6, 6.07) is 17.6. The summed E-state index contributed by atoms with van der Waals surface area (Å²) in [5, 5.41) is 10.1. The number of aliphatic carboxylic acids is 1. The van der Waals surface area contributed by atoms with Crippen molar-refractivity contribution in [3.8, 4) is 11.1 Å². The molecule has 36 heavy (non-hydrogen) atoms. The van der Waals surface area contributed by atoms with Gasteiger partial charge in [-0.05, 0) is 92.3 Å². The number of nitrogens with zero attached hydrogens (tertiary/aromatic N) is 2. The molecule has 3 aromatic carbocycles. The van der Waals surface area contributed by atoms with Crippen LogP contribution in [0.4, 0.5) is 11.4 Å². The molecule has 3 rings (SSSR count). The van der Waals surface area contributed by atoms with Gasteiger partial charge in [0.15, 0.2) is 0 Å². The smallest absolute Gasteiger partial charge is 0.326 e. The van der Waals surface area contributed by atoms with Crippen LogP contribution in [0.2, 0.25) is 5.02 Å². The molecule has 5 nitrogen and oxygen atoms in total. The average Bonchev–Trinajstić information content (AvgIpc) is 2.84. The minimum atomic E-state index is -1.03. The van der Waals surface area contributed by atoms with E-state index in [1.165, 1.54) is 18.9 Å². The first-order chi connectivity index (χ1) is 17.0. The number of halogens is 2. The van der Waals surface area contributed by atoms with Gasteiger partial charge in [0.05, 0.1) is 4.05 Å². The molecule has 2 atom stereocenters. The molecule has 0 radical (unpaired) electrons. The zero-order valence-electron chi connectivity index (χ0n) is 21.5. The fourth-order valence-corrected chi connectivity index (χ4v) is 5.02. The van der Waals surface area contributed by atoms with E-state index < -0.39 is 12.0 Å². The molecular formula is C29H32ClIN2O3. The second-order valence-electron chi connectivity index (χ2n) is 9.11. The van der Waals surface area contributed by atoms with E-state index in [2.05, 4.69) is 58.7 Å². The maximum atomic E-state index is 13.1. The van der Waals surface area contributed by atoms with Crippen molar-refractivity contribution in [2.24, 2.45) is 0 Å². The van der Waals surface area contributed by atoms with Gasteiger partial charge in [-0.2, -0.15) is 0 Å². The van der Waals surface area contributed by atoms with Crippen LogP contribution in [0, 0.1) is 20.8 Å². The summed E-state index contributed by atoms with van der Waals surface area (Å²) in [6.07, 6.45) is 0.962. The SMILES string of the molecule is CCC(I)N(c1cccc(-c2cc(C)c(C(=O)N(C)C(C)C(=O)O)c(C)c2)c1)c1ccc(Cl)c(C)c1. The standard InChI is InChI=1S/C29H32ClIN2O3/c1-7-26(31)33(24-11-12-25(30)17(2)15-24)23-10-8-9-21(16-23)22-13-18(3)27(19(4)14-22)28(34)32(6)20(5)29(35)36/h8-16,20,26H,7H2,1-6H3,(H,35,36). The van der Waals surface area contributed by atoms with Crippen LogP contribution in [0.3, 0.4) is 0 Å². The van der Waals surface area contributed by atoms with Gasteiger partial charge < -0.3 is 14.9 Å². The predicted molar refractivity (Wildman–Crippen MR) is 157 cm³/mol. The van der Waals surface area contributed by atoms with Crippen LogP contribution in [-0.2, 0) is 4.79 Å². The Balaban J connectivity index is 2.03. The summed E-state index contributed by atoms with van der Waals surface area (Å²) in [5.74, 6) is -1.32. The number of carboxylic acid groups (broad SMARTS) is 1. The largest absolute Gasteiger partial charge is 0.480 e. The maximum Gasteiger partial charge on any atom is 0.326 e. The lowest BCUT2D eigenvalue weighted by molar-refractivity contribution is -0.141. The summed E-state index contributed by atoms with van der Waals surface area (Å²) in [6.45, 7) is 9.48. The molecule has 2 unspecified atom stereocenters. The lowest BCUT2D eigenvalue weighted by Gasteiger charge is -2.30. The van der Waals surface area contributed by atoms with E-state index in [-0.39, 0.29) is 9.96 Å². The Morgan fingerprint density at radius 2 is 1.56 bits per heavy atom. The lowest BCUT2D eigenvalue weighted by Crippen LogP contribution is -2.40. The summed E-state index contributed by atoms with van der Waals surface area (Å²) < 4.78 is 0.244. The first kappa shape index (κ1) is 28.0. The van der Waals surface area contributed by atoms with Crippen molar-refractivity contribution in [1.29, 1.82) is 0 Å². The van der Waals surface area contributed by atoms with Gasteiger partial charge in [0.2, 0.25) is 0 Å². The van der Waals surface area contributed by atoms with Crippen molar-refractivity contribution in [2.45, 2.75) is 51.1 Å². The minimum Gasteiger partial charge on any atom is -0.480 e. The molecular weight excluding hydrogens is 587 g/mol. The van der Waals surface area contributed by atoms with E-state index in [1.54, 1.807) is 0 Å². The van der Waals surface area contributed by atoms with Crippen molar-refractivity contribution < 1.29 is 14.7 Å². The van der Waals surface area contributed by atoms with Gasteiger partial charge in [-0.15, -0.1) is 0 Å². The Hall–Kier alpha value is -2.58. The minimum absolute atomic E-state index is 0.244. The monoisotopic (exact) mass is 618 g/mol. The third-order valence-electron chi connectivity index (χ3n) is 6.50. The molecule has 0 fully saturated rings. The second-order valence-corrected chi connectivity index (χ2v) is 11.0. The van der Waals surface area contributed by atoms with Crippen molar-refractivity contribution in [2.75, 3.05) is 11.9 Å². The normalized spacial score (nSPS) is 12.7. The highest BCUT2D eigenvalue weighted by molar-refractivity contribution is 14.1. The summed E-state index contributed by atoms with van der Waals surface area (Å²) in [4.78, 5) is 28.0. The number of likely N-dealkylation sites (N-methyl/N-ethyl adjacent to an activating group) is 1. The van der Waals surface area contributed by atoms with E-state index >= 15 is 0 Å². The van der Waals surface area contributed by atoms with E-state index in [9.17, 15) is 14.7 Å². The Morgan fingerprint density at radius 3 is 2.11 bits per heavy atom. The van der Waals surface area contributed by atoms with Crippen LogP contribution in [-0.4, -0.2) is 39.0 Å². The highest BCUT2D eigenvalue weighted by Crippen LogP contribution is 2.36. The predicted octanol–water partition coefficient (Wildman–Crippen LogP) is 7.79. The summed E-state index contributed by atoms with van der Waals surface area (Å²) in [5.41, 5.74) is 7.41. The van der Waals surface area contributed by atoms with Crippen molar-refractivity contribution in [3.63, 3.8) is 0 Å². The third kappa shape index (κ3) is 5.86. The second kappa shape index (κ2) is 11.6. The van der Waals surface area contributed by atoms with Crippen molar-refractivity contribution >= 4 is 57.4 Å². The van der Waals surface area contributed by atoms with E-state index in [0.29, 0.717) is 5.56 Å². The fraction of sp³-hybridized carbons (Fsp3) is 0.310. The number of hydrogen-bond acceptors (Lipinski definition) is 3. The van der Waals surface area contributed by atoms with Gasteiger partial charge in [0.25, 0.3) is 5.91 Å². The quantitative estimate of drug-likeness (QED) is 0.159. The Labute approximate surface area is 232 Å². The van der Waals surface area contributed by atoms with E-state index in [4.69, 9.17) is 11.6 Å². The van der Waals surface area contributed by atoms with Gasteiger partial charge in [-0.1, -0.05) is 65.4 Å². The van der Waals surface area contributed by atoms with Crippen LogP contribution in [0.25, 0.3) is 11.1 Å². The van der Waals surface area contributed by atoms with Crippen LogP contribution < -0.4 is 4.90 Å². The number of amides is 1. The van der Waals surface area contributed by atoms with Gasteiger partial charge >= 0.3 is 5.97 Å². The van der Waals surface area contributed by atoms with Crippen molar-refractivity contribution in [3.05, 3.63) is 81.9 Å². The topological polar surface area (TPSA) is 60.9 Å². The zero-order valence-corrected chi connectivity index (χ0v) is 24.4. The molecule has 1 amide bonds. The molecule has 0 spiro atoms. The molecule has 0 aromatic heterocycles. The Kier molecular flexibility index (Phi) is 9.06. The number of anilines is 2. The average molecular weight is 619 g/mol. The van der Waals surface area contributed by atoms with Gasteiger partial charge in [-0.3, -0.25) is 4.79 Å². The van der Waals surface area contributed by atoms with Gasteiger partial charge in [-0.25, -0.2) is 4.79 Å². The first-order valence-corrected chi connectivity index (χ1v) is 13.5. The van der Waals surface area contributed by atoms with Crippen LogP contribution in [0.15, 0.2) is 54.6 Å². The molecule has 0 bridgehead atoms. The molecule has 0 saturated carbocycles. The number of alkyl halides is 1. The fourth-order valence-electron chi connectivity index (χ4n) is 4.25. The molecule has 190 valence electrons. The highest BCUT2D eigenvalue weighted by Gasteiger charge is 2.25.